The molecular weight excluding hydrogens is 291 g/mol. The molecule has 0 bridgehead atoms. The van der Waals surface area contributed by atoms with Crippen LogP contribution in [0.2, 0.25) is 0 Å². The molecule has 0 radical (unpaired) electrons. The molecule has 2 aliphatic heterocycles. The second kappa shape index (κ2) is 5.53. The molecule has 6 heteroatoms. The van der Waals surface area contributed by atoms with Gasteiger partial charge in [-0.1, -0.05) is 24.3 Å². The molecule has 2 fully saturated rings. The van der Waals surface area contributed by atoms with E-state index in [4.69, 9.17) is 9.31 Å². The van der Waals surface area contributed by atoms with E-state index in [1.807, 2.05) is 30.1 Å². The van der Waals surface area contributed by atoms with E-state index >= 15 is 0 Å². The minimum Gasteiger partial charge on any atom is -0.399 e. The van der Waals surface area contributed by atoms with Crippen molar-refractivity contribution in [1.29, 1.82) is 0 Å². The minimum absolute atomic E-state index is 0.0889. The molecule has 23 heavy (non-hydrogen) atoms. The first-order valence-corrected chi connectivity index (χ1v) is 8.14. The maximum atomic E-state index is 12.0. The quantitative estimate of drug-likeness (QED) is 0.799. The summed E-state index contributed by atoms with van der Waals surface area (Å²) < 4.78 is 12.2. The molecule has 0 spiro atoms. The second-order valence-electron chi connectivity index (χ2n) is 7.46. The Hall–Kier alpha value is -1.53. The highest BCUT2D eigenvalue weighted by Crippen LogP contribution is 2.36. The number of rotatable bonds is 3. The van der Waals surface area contributed by atoms with E-state index in [-0.39, 0.29) is 24.4 Å². The fourth-order valence-corrected chi connectivity index (χ4v) is 2.89. The van der Waals surface area contributed by atoms with Gasteiger partial charge in [0, 0.05) is 26.7 Å². The predicted molar refractivity (Wildman–Crippen MR) is 90.6 cm³/mol. The Kier molecular flexibility index (Phi) is 3.93. The van der Waals surface area contributed by atoms with Crippen LogP contribution in [0.15, 0.2) is 24.3 Å². The Balaban J connectivity index is 1.75. The molecule has 2 heterocycles. The van der Waals surface area contributed by atoms with Gasteiger partial charge in [-0.2, -0.15) is 0 Å². The Morgan fingerprint density at radius 1 is 1.13 bits per heavy atom. The summed E-state index contributed by atoms with van der Waals surface area (Å²) in [7, 11) is 1.47. The molecule has 0 saturated carbocycles. The Bertz CT molecular complexity index is 602. The summed E-state index contributed by atoms with van der Waals surface area (Å²) in [5.41, 5.74) is 1.41. The Morgan fingerprint density at radius 2 is 1.78 bits per heavy atom. The molecule has 1 aromatic carbocycles. The molecule has 2 amide bonds. The predicted octanol–water partition coefficient (Wildman–Crippen LogP) is 1.85. The van der Waals surface area contributed by atoms with Crippen molar-refractivity contribution in [2.45, 2.75) is 45.4 Å². The summed E-state index contributed by atoms with van der Waals surface area (Å²) in [6, 6.07) is 8.23. The fraction of sp³-hybridized carbons (Fsp3) is 0.588. The average Bonchev–Trinajstić information content (AvgIpc) is 2.89. The van der Waals surface area contributed by atoms with Crippen LogP contribution in [0.4, 0.5) is 4.79 Å². The van der Waals surface area contributed by atoms with Crippen LogP contribution < -0.4 is 5.46 Å². The first-order chi connectivity index (χ1) is 10.7. The van der Waals surface area contributed by atoms with Gasteiger partial charge in [0.2, 0.25) is 0 Å². The van der Waals surface area contributed by atoms with E-state index in [9.17, 15) is 4.79 Å². The zero-order valence-electron chi connectivity index (χ0n) is 14.6. The standard InChI is InChI=1S/C17H25BN2O3/c1-16(2)17(3,4)23-18(22-16)14-8-6-7-13(11-14)12-20-10-9-19(5)15(20)21/h6-8,11H,9-10,12H2,1-5H3. The third-order valence-corrected chi connectivity index (χ3v) is 5.15. The van der Waals surface area contributed by atoms with Gasteiger partial charge in [-0.3, -0.25) is 0 Å². The number of benzene rings is 1. The van der Waals surface area contributed by atoms with Crippen molar-refractivity contribution in [2.75, 3.05) is 20.1 Å². The third-order valence-electron chi connectivity index (χ3n) is 5.15. The van der Waals surface area contributed by atoms with Gasteiger partial charge < -0.3 is 19.1 Å². The van der Waals surface area contributed by atoms with Crippen molar-refractivity contribution < 1.29 is 14.1 Å². The van der Waals surface area contributed by atoms with E-state index < -0.39 is 0 Å². The lowest BCUT2D eigenvalue weighted by molar-refractivity contribution is 0.00578. The molecule has 3 rings (SSSR count). The summed E-state index contributed by atoms with van der Waals surface area (Å²) in [5.74, 6) is 0. The molecule has 0 atom stereocenters. The summed E-state index contributed by atoms with van der Waals surface area (Å²) in [6.07, 6.45) is 0. The lowest BCUT2D eigenvalue weighted by Crippen LogP contribution is -2.41. The van der Waals surface area contributed by atoms with Crippen LogP contribution in [0, 0.1) is 0 Å². The van der Waals surface area contributed by atoms with Crippen molar-refractivity contribution in [3.8, 4) is 0 Å². The van der Waals surface area contributed by atoms with Gasteiger partial charge in [0.25, 0.3) is 0 Å². The highest BCUT2D eigenvalue weighted by atomic mass is 16.7. The maximum Gasteiger partial charge on any atom is 0.494 e. The average molecular weight is 316 g/mol. The molecule has 5 nitrogen and oxygen atoms in total. The normalized spacial score (nSPS) is 23.0. The van der Waals surface area contributed by atoms with E-state index in [0.717, 1.165) is 24.1 Å². The lowest BCUT2D eigenvalue weighted by atomic mass is 9.78. The number of hydrogen-bond acceptors (Lipinski definition) is 3. The number of hydrogen-bond donors (Lipinski definition) is 0. The number of nitrogens with zero attached hydrogens (tertiary/aromatic N) is 2. The van der Waals surface area contributed by atoms with Gasteiger partial charge in [-0.25, -0.2) is 4.79 Å². The molecule has 1 aromatic rings. The first kappa shape index (κ1) is 16.3. The molecule has 0 aromatic heterocycles. The minimum atomic E-state index is -0.364. The topological polar surface area (TPSA) is 42.0 Å². The third kappa shape index (κ3) is 2.97. The van der Waals surface area contributed by atoms with E-state index in [1.54, 1.807) is 4.90 Å². The number of carbonyl (C=O) groups excluding carboxylic acids is 1. The van der Waals surface area contributed by atoms with Crippen LogP contribution in [-0.2, 0) is 15.9 Å². The Morgan fingerprint density at radius 3 is 2.35 bits per heavy atom. The molecule has 0 aliphatic carbocycles. The molecule has 2 saturated heterocycles. The Labute approximate surface area is 138 Å². The van der Waals surface area contributed by atoms with Crippen molar-refractivity contribution in [1.82, 2.24) is 9.80 Å². The van der Waals surface area contributed by atoms with E-state index in [2.05, 4.69) is 33.8 Å². The molecule has 124 valence electrons. The summed E-state index contributed by atoms with van der Waals surface area (Å²) in [6.45, 7) is 10.4. The summed E-state index contributed by atoms with van der Waals surface area (Å²) in [4.78, 5) is 15.6. The van der Waals surface area contributed by atoms with Gasteiger partial charge >= 0.3 is 13.1 Å². The van der Waals surface area contributed by atoms with Crippen molar-refractivity contribution >= 4 is 18.6 Å². The zero-order chi connectivity index (χ0) is 16.8. The van der Waals surface area contributed by atoms with Crippen LogP contribution in [0.5, 0.6) is 0 Å². The van der Waals surface area contributed by atoms with Gasteiger partial charge in [0.15, 0.2) is 0 Å². The number of amides is 2. The number of urea groups is 1. The highest BCUT2D eigenvalue weighted by Gasteiger charge is 2.51. The van der Waals surface area contributed by atoms with Crippen LogP contribution in [-0.4, -0.2) is 54.3 Å². The van der Waals surface area contributed by atoms with Crippen LogP contribution in [0.25, 0.3) is 0 Å². The van der Waals surface area contributed by atoms with E-state index in [1.165, 1.54) is 0 Å². The monoisotopic (exact) mass is 316 g/mol. The number of likely N-dealkylation sites (N-methyl/N-ethyl adjacent to an activating group) is 1. The van der Waals surface area contributed by atoms with E-state index in [0.29, 0.717) is 6.54 Å². The highest BCUT2D eigenvalue weighted by molar-refractivity contribution is 6.62. The number of carbonyl (C=O) groups is 1. The van der Waals surface area contributed by atoms with Crippen LogP contribution in [0.1, 0.15) is 33.3 Å². The van der Waals surface area contributed by atoms with Gasteiger partial charge in [0.1, 0.15) is 0 Å². The summed E-state index contributed by atoms with van der Waals surface area (Å²) >= 11 is 0. The molecule has 0 N–H and O–H groups in total. The summed E-state index contributed by atoms with van der Waals surface area (Å²) in [5, 5.41) is 0. The molecular formula is C17H25BN2O3. The molecule has 2 aliphatic rings. The molecule has 0 unspecified atom stereocenters. The van der Waals surface area contributed by atoms with Crippen LogP contribution >= 0.6 is 0 Å². The largest absolute Gasteiger partial charge is 0.494 e. The smallest absolute Gasteiger partial charge is 0.399 e. The SMILES string of the molecule is CN1CCN(Cc2cccc(B3OC(C)(C)C(C)(C)O3)c2)C1=O. The zero-order valence-corrected chi connectivity index (χ0v) is 14.6. The second-order valence-corrected chi connectivity index (χ2v) is 7.46. The van der Waals surface area contributed by atoms with Crippen molar-refractivity contribution in [3.05, 3.63) is 29.8 Å². The van der Waals surface area contributed by atoms with Gasteiger partial charge in [-0.05, 0) is 38.7 Å². The maximum absolute atomic E-state index is 12.0. The van der Waals surface area contributed by atoms with Crippen molar-refractivity contribution in [2.24, 2.45) is 0 Å². The van der Waals surface area contributed by atoms with Crippen molar-refractivity contribution in [3.63, 3.8) is 0 Å². The van der Waals surface area contributed by atoms with Gasteiger partial charge in [0.05, 0.1) is 11.2 Å². The van der Waals surface area contributed by atoms with Gasteiger partial charge in [-0.15, -0.1) is 0 Å². The first-order valence-electron chi connectivity index (χ1n) is 8.14. The van der Waals surface area contributed by atoms with Crippen LogP contribution in [0.3, 0.4) is 0 Å². The fourth-order valence-electron chi connectivity index (χ4n) is 2.89. The lowest BCUT2D eigenvalue weighted by Gasteiger charge is -2.32.